The van der Waals surface area contributed by atoms with Gasteiger partial charge in [0.25, 0.3) is 6.43 Å². The number of aromatic nitrogens is 2. The van der Waals surface area contributed by atoms with Gasteiger partial charge in [-0.25, -0.2) is 37.2 Å². The highest BCUT2D eigenvalue weighted by Crippen LogP contribution is 2.34. The van der Waals surface area contributed by atoms with Gasteiger partial charge in [0.05, 0.1) is 0 Å². The number of anilines is 2. The Hall–Kier alpha value is -2.71. The largest absolute Gasteiger partial charge is 0.351 e. The Bertz CT molecular complexity index is 792. The quantitative estimate of drug-likeness (QED) is 0.871. The summed E-state index contributed by atoms with van der Waals surface area (Å²) in [4.78, 5) is 19.8. The minimum Gasteiger partial charge on any atom is -0.351 e. The van der Waals surface area contributed by atoms with E-state index < -0.39 is 41.4 Å². The maximum absolute atomic E-state index is 14.0. The van der Waals surface area contributed by atoms with Gasteiger partial charge >= 0.3 is 6.03 Å². The molecule has 24 heavy (non-hydrogen) atoms. The van der Waals surface area contributed by atoms with Crippen molar-refractivity contribution in [2.24, 2.45) is 5.73 Å². The van der Waals surface area contributed by atoms with Gasteiger partial charge in [-0.1, -0.05) is 6.07 Å². The molecule has 0 bridgehead atoms. The molecule has 0 unspecified atom stereocenters. The minimum atomic E-state index is -2.90. The zero-order valence-electron chi connectivity index (χ0n) is 12.3. The monoisotopic (exact) mass is 340 g/mol. The van der Waals surface area contributed by atoms with Crippen LogP contribution < -0.4 is 10.6 Å². The van der Waals surface area contributed by atoms with Crippen molar-refractivity contribution < 1.29 is 22.4 Å². The SMILES string of the molecule is NC(=O)N(c1nc2c(c(C(F)F)n1)CCC2)c1c(F)cccc1F. The van der Waals surface area contributed by atoms with Gasteiger partial charge in [-0.05, 0) is 31.4 Å². The zero-order chi connectivity index (χ0) is 17.4. The van der Waals surface area contributed by atoms with Gasteiger partial charge in [0, 0.05) is 11.3 Å². The van der Waals surface area contributed by atoms with Crippen LogP contribution in [-0.2, 0) is 12.8 Å². The van der Waals surface area contributed by atoms with E-state index in [4.69, 9.17) is 5.73 Å². The predicted octanol–water partition coefficient (Wildman–Crippen LogP) is 3.40. The first kappa shape index (κ1) is 16.2. The number of rotatable bonds is 3. The second kappa shape index (κ2) is 6.06. The van der Waals surface area contributed by atoms with Crippen molar-refractivity contribution in [1.29, 1.82) is 0 Å². The lowest BCUT2D eigenvalue weighted by atomic mass is 10.2. The highest BCUT2D eigenvalue weighted by atomic mass is 19.3. The lowest BCUT2D eigenvalue weighted by Gasteiger charge is -2.21. The average molecular weight is 340 g/mol. The smallest absolute Gasteiger partial charge is 0.326 e. The standard InChI is InChI=1S/C15H12F4N4O/c16-8-4-2-5-9(17)12(8)23(14(20)24)15-21-10-6-1-3-7(10)11(22-15)13(18)19/h2,4-5,13H,1,3,6H2,(H2,20,24). The summed E-state index contributed by atoms with van der Waals surface area (Å²) in [5.41, 5.74) is 4.49. The number of urea groups is 1. The third-order valence-corrected chi connectivity index (χ3v) is 3.74. The molecule has 2 N–H and O–H groups in total. The first-order valence-corrected chi connectivity index (χ1v) is 7.11. The van der Waals surface area contributed by atoms with E-state index in [1.54, 1.807) is 0 Å². The van der Waals surface area contributed by atoms with Crippen molar-refractivity contribution in [2.75, 3.05) is 4.90 Å². The van der Waals surface area contributed by atoms with Crippen LogP contribution >= 0.6 is 0 Å². The molecule has 0 spiro atoms. The highest BCUT2D eigenvalue weighted by Gasteiger charge is 2.30. The van der Waals surface area contributed by atoms with Gasteiger partial charge < -0.3 is 5.73 Å². The number of alkyl halides is 2. The molecule has 1 aromatic heterocycles. The molecule has 0 radical (unpaired) electrons. The van der Waals surface area contributed by atoms with E-state index in [1.807, 2.05) is 0 Å². The summed E-state index contributed by atoms with van der Waals surface area (Å²) < 4.78 is 54.5. The topological polar surface area (TPSA) is 72.1 Å². The Kier molecular flexibility index (Phi) is 4.08. The number of fused-ring (bicyclic) bond motifs is 1. The molecule has 2 amide bonds. The lowest BCUT2D eigenvalue weighted by Crippen LogP contribution is -2.34. The fraction of sp³-hybridized carbons (Fsp3) is 0.267. The first-order valence-electron chi connectivity index (χ1n) is 7.11. The van der Waals surface area contributed by atoms with Crippen LogP contribution in [0.25, 0.3) is 0 Å². The number of para-hydroxylation sites is 1. The Morgan fingerprint density at radius 1 is 1.17 bits per heavy atom. The molecule has 1 heterocycles. The summed E-state index contributed by atoms with van der Waals surface area (Å²) in [7, 11) is 0. The molecule has 3 rings (SSSR count). The maximum Gasteiger partial charge on any atom is 0.326 e. The van der Waals surface area contributed by atoms with Crippen LogP contribution in [0.15, 0.2) is 18.2 Å². The van der Waals surface area contributed by atoms with E-state index >= 15 is 0 Å². The summed E-state index contributed by atoms with van der Waals surface area (Å²) in [6, 6.07) is 1.64. The van der Waals surface area contributed by atoms with Crippen molar-refractivity contribution in [3.05, 3.63) is 46.8 Å². The Morgan fingerprint density at radius 3 is 2.42 bits per heavy atom. The average Bonchev–Trinajstić information content (AvgIpc) is 2.97. The number of primary amides is 1. The van der Waals surface area contributed by atoms with Crippen molar-refractivity contribution in [1.82, 2.24) is 9.97 Å². The molecular weight excluding hydrogens is 328 g/mol. The number of carbonyl (C=O) groups is 1. The summed E-state index contributed by atoms with van der Waals surface area (Å²) in [5.74, 6) is -2.74. The normalized spacial score (nSPS) is 13.2. The van der Waals surface area contributed by atoms with Gasteiger partial charge in [0.1, 0.15) is 23.0 Å². The van der Waals surface area contributed by atoms with Crippen molar-refractivity contribution in [3.8, 4) is 0 Å². The fourth-order valence-corrected chi connectivity index (χ4v) is 2.74. The number of amides is 2. The number of carbonyl (C=O) groups excluding carboxylic acids is 1. The third-order valence-electron chi connectivity index (χ3n) is 3.74. The number of aryl methyl sites for hydroxylation is 1. The molecule has 1 aliphatic carbocycles. The first-order chi connectivity index (χ1) is 11.4. The van der Waals surface area contributed by atoms with Gasteiger partial charge in [0.15, 0.2) is 0 Å². The van der Waals surface area contributed by atoms with E-state index in [9.17, 15) is 22.4 Å². The minimum absolute atomic E-state index is 0.312. The number of nitrogens with zero attached hydrogens (tertiary/aromatic N) is 3. The highest BCUT2D eigenvalue weighted by molar-refractivity contribution is 5.96. The van der Waals surface area contributed by atoms with Gasteiger partial charge in [0.2, 0.25) is 5.95 Å². The zero-order valence-corrected chi connectivity index (χ0v) is 12.3. The molecule has 5 nitrogen and oxygen atoms in total. The molecule has 0 saturated carbocycles. The van der Waals surface area contributed by atoms with Crippen molar-refractivity contribution in [2.45, 2.75) is 25.7 Å². The van der Waals surface area contributed by atoms with Crippen molar-refractivity contribution >= 4 is 17.7 Å². The molecule has 0 saturated heterocycles. The van der Waals surface area contributed by atoms with Crippen molar-refractivity contribution in [3.63, 3.8) is 0 Å². The van der Waals surface area contributed by atoms with E-state index in [0.717, 1.165) is 18.2 Å². The molecular formula is C15H12F4N4O. The van der Waals surface area contributed by atoms with Crippen LogP contribution in [0.4, 0.5) is 34.0 Å². The maximum atomic E-state index is 14.0. The van der Waals surface area contributed by atoms with Gasteiger partial charge in [-0.3, -0.25) is 0 Å². The van der Waals surface area contributed by atoms with Crippen LogP contribution in [0.5, 0.6) is 0 Å². The van der Waals surface area contributed by atoms with Crippen LogP contribution in [-0.4, -0.2) is 16.0 Å². The van der Waals surface area contributed by atoms with E-state index in [2.05, 4.69) is 9.97 Å². The number of halogens is 4. The Morgan fingerprint density at radius 2 is 1.83 bits per heavy atom. The summed E-state index contributed by atoms with van der Waals surface area (Å²) in [6.45, 7) is 0. The molecule has 2 aromatic rings. The lowest BCUT2D eigenvalue weighted by molar-refractivity contribution is 0.145. The van der Waals surface area contributed by atoms with Crippen LogP contribution in [0.3, 0.4) is 0 Å². The van der Waals surface area contributed by atoms with Gasteiger partial charge in [-0.15, -0.1) is 0 Å². The molecule has 1 aliphatic rings. The number of benzene rings is 1. The molecule has 126 valence electrons. The van der Waals surface area contributed by atoms with Crippen LogP contribution in [0.1, 0.15) is 29.8 Å². The second-order valence-electron chi connectivity index (χ2n) is 5.23. The molecule has 0 atom stereocenters. The van der Waals surface area contributed by atoms with Gasteiger partial charge in [-0.2, -0.15) is 0 Å². The number of hydrogen-bond donors (Lipinski definition) is 1. The summed E-state index contributed by atoms with van der Waals surface area (Å²) in [5, 5.41) is 0. The number of nitrogens with two attached hydrogens (primary N) is 1. The summed E-state index contributed by atoms with van der Waals surface area (Å²) in [6.07, 6.45) is -1.49. The third kappa shape index (κ3) is 2.66. The van der Waals surface area contributed by atoms with E-state index in [1.165, 1.54) is 0 Å². The van der Waals surface area contributed by atoms with Crippen LogP contribution in [0.2, 0.25) is 0 Å². The fourth-order valence-electron chi connectivity index (χ4n) is 2.74. The number of hydrogen-bond acceptors (Lipinski definition) is 3. The predicted molar refractivity (Wildman–Crippen MR) is 77.1 cm³/mol. The Labute approximate surface area is 134 Å². The molecule has 9 heteroatoms. The van der Waals surface area contributed by atoms with Crippen LogP contribution in [0, 0.1) is 11.6 Å². The molecule has 0 aliphatic heterocycles. The molecule has 0 fully saturated rings. The summed E-state index contributed by atoms with van der Waals surface area (Å²) >= 11 is 0. The van der Waals surface area contributed by atoms with E-state index in [-0.39, 0.29) is 0 Å². The Balaban J connectivity index is 2.21. The van der Waals surface area contributed by atoms with E-state index in [0.29, 0.717) is 35.4 Å². The molecule has 1 aromatic carbocycles. The second-order valence-corrected chi connectivity index (χ2v) is 5.23.